The molecule has 0 saturated carbocycles. The minimum absolute atomic E-state index is 1.04. The third-order valence-electron chi connectivity index (χ3n) is 7.84. The Balaban J connectivity index is 1.38. The van der Waals surface area contributed by atoms with Gasteiger partial charge < -0.3 is 19.9 Å². The van der Waals surface area contributed by atoms with Crippen LogP contribution in [0.4, 0.5) is 0 Å². The fourth-order valence-electron chi connectivity index (χ4n) is 5.95. The van der Waals surface area contributed by atoms with E-state index in [-0.39, 0.29) is 0 Å². The van der Waals surface area contributed by atoms with Gasteiger partial charge in [-0.2, -0.15) is 0 Å². The summed E-state index contributed by atoms with van der Waals surface area (Å²) in [4.78, 5) is 15.0. The zero-order valence-electron chi connectivity index (χ0n) is 22.3. The van der Waals surface area contributed by atoms with Gasteiger partial charge in [-0.15, -0.1) is 0 Å². The summed E-state index contributed by atoms with van der Waals surface area (Å²) in [5.74, 6) is 3.37. The highest BCUT2D eigenvalue weighted by molar-refractivity contribution is 5.65. The quantitative estimate of drug-likeness (QED) is 0.168. The Morgan fingerprint density at radius 1 is 0.268 bits per heavy atom. The third-order valence-corrected chi connectivity index (χ3v) is 7.84. The Morgan fingerprint density at radius 3 is 0.854 bits per heavy atom. The SMILES string of the molecule is c1ccc([C+]2c3ccc([nH]3)-c3ccc([nH]3)[C+](c3ccccc3)c3ccc([nH]3)[C+](c3ccccc3)c3ccc2[nH]3)cc1. The van der Waals surface area contributed by atoms with Crippen LogP contribution in [0.1, 0.15) is 50.9 Å². The number of nitrogens with one attached hydrogen (secondary N) is 4. The predicted octanol–water partition coefficient (Wildman–Crippen LogP) is 8.04. The smallest absolute Gasteiger partial charge is 0.126 e. The first-order chi connectivity index (χ1) is 20.3. The summed E-state index contributed by atoms with van der Waals surface area (Å²) in [5, 5.41) is 0. The molecule has 7 aromatic rings. The number of aromatic amines is 4. The summed E-state index contributed by atoms with van der Waals surface area (Å²) < 4.78 is 0. The molecule has 4 nitrogen and oxygen atoms in total. The predicted molar refractivity (Wildman–Crippen MR) is 163 cm³/mol. The largest absolute Gasteiger partial charge is 0.340 e. The maximum atomic E-state index is 3.79. The molecule has 8 bridgehead atoms. The van der Waals surface area contributed by atoms with Crippen LogP contribution in [0.25, 0.3) is 11.4 Å². The highest BCUT2D eigenvalue weighted by Crippen LogP contribution is 2.38. The van der Waals surface area contributed by atoms with Gasteiger partial charge in [-0.05, 0) is 66.7 Å². The molecule has 4 N–H and O–H groups in total. The average molecular weight is 528 g/mol. The molecule has 192 valence electrons. The molecular weight excluding hydrogens is 500 g/mol. The Hall–Kier alpha value is -5.61. The Labute approximate surface area is 239 Å². The molecule has 0 unspecified atom stereocenters. The summed E-state index contributed by atoms with van der Waals surface area (Å²) in [5.41, 5.74) is 11.8. The molecule has 1 aliphatic heterocycles. The second kappa shape index (κ2) is 9.54. The Bertz CT molecular complexity index is 1780. The molecule has 3 aromatic carbocycles. The molecule has 0 radical (unpaired) electrons. The van der Waals surface area contributed by atoms with E-state index in [1.807, 2.05) is 0 Å². The molecule has 0 spiro atoms. The van der Waals surface area contributed by atoms with Gasteiger partial charge in [0.05, 0.1) is 52.3 Å². The molecule has 4 aromatic heterocycles. The van der Waals surface area contributed by atoms with Crippen LogP contribution in [-0.4, -0.2) is 19.9 Å². The molecule has 0 amide bonds. The highest BCUT2D eigenvalue weighted by atomic mass is 14.9. The van der Waals surface area contributed by atoms with Crippen LogP contribution >= 0.6 is 0 Å². The zero-order chi connectivity index (χ0) is 27.2. The maximum Gasteiger partial charge on any atom is 0.126 e. The molecule has 8 rings (SSSR count). The zero-order valence-corrected chi connectivity index (χ0v) is 22.3. The third kappa shape index (κ3) is 4.05. The fraction of sp³-hybridized carbons (Fsp3) is 0. The fourth-order valence-corrected chi connectivity index (χ4v) is 5.95. The van der Waals surface area contributed by atoms with E-state index in [0.717, 1.165) is 80.0 Å². The highest BCUT2D eigenvalue weighted by Gasteiger charge is 2.34. The number of H-pyrrole nitrogens is 4. The average Bonchev–Trinajstić information content (AvgIpc) is 3.84. The maximum absolute atomic E-state index is 3.79. The van der Waals surface area contributed by atoms with E-state index in [9.17, 15) is 0 Å². The molecule has 0 saturated heterocycles. The lowest BCUT2D eigenvalue weighted by molar-refractivity contribution is 1.03. The van der Waals surface area contributed by atoms with Crippen LogP contribution < -0.4 is 0 Å². The standard InChI is InChI=1S/C37H27N4/c1-4-10-24(11-5-1)35-29-18-16-27(38-29)28-17-19-30(39-28)36(25-12-6-2-7-13-25)32-21-23-34(41-32)37(26-14-8-3-9-15-26)33-22-20-31(35)40-33/h1-23,38-41H/q+3. The Morgan fingerprint density at radius 2 is 0.537 bits per heavy atom. The lowest BCUT2D eigenvalue weighted by Crippen LogP contribution is -2.09. The van der Waals surface area contributed by atoms with Crippen molar-refractivity contribution in [3.63, 3.8) is 0 Å². The van der Waals surface area contributed by atoms with Gasteiger partial charge in [-0.1, -0.05) is 0 Å². The number of rotatable bonds is 3. The van der Waals surface area contributed by atoms with Gasteiger partial charge in [-0.3, -0.25) is 0 Å². The molecule has 5 heterocycles. The van der Waals surface area contributed by atoms with E-state index in [1.165, 1.54) is 0 Å². The normalized spacial score (nSPS) is 12.7. The van der Waals surface area contributed by atoms with Crippen molar-refractivity contribution < 1.29 is 0 Å². The van der Waals surface area contributed by atoms with Crippen molar-refractivity contribution in [3.05, 3.63) is 208 Å². The van der Waals surface area contributed by atoms with Crippen molar-refractivity contribution in [1.29, 1.82) is 0 Å². The summed E-state index contributed by atoms with van der Waals surface area (Å²) in [6, 6.07) is 49.1. The van der Waals surface area contributed by atoms with E-state index >= 15 is 0 Å². The second-order valence-electron chi connectivity index (χ2n) is 10.4. The summed E-state index contributed by atoms with van der Waals surface area (Å²) in [7, 11) is 0. The van der Waals surface area contributed by atoms with Crippen molar-refractivity contribution in [2.24, 2.45) is 0 Å². The monoisotopic (exact) mass is 527 g/mol. The van der Waals surface area contributed by atoms with Gasteiger partial charge in [0.15, 0.2) is 0 Å². The van der Waals surface area contributed by atoms with Crippen LogP contribution in [0, 0.1) is 17.8 Å². The first kappa shape index (κ1) is 23.3. The van der Waals surface area contributed by atoms with Gasteiger partial charge >= 0.3 is 0 Å². The van der Waals surface area contributed by atoms with E-state index in [2.05, 4.69) is 159 Å². The molecule has 4 heteroatoms. The van der Waals surface area contributed by atoms with Crippen molar-refractivity contribution in [2.75, 3.05) is 0 Å². The van der Waals surface area contributed by atoms with Gasteiger partial charge in [0.1, 0.15) is 51.9 Å². The summed E-state index contributed by atoms with van der Waals surface area (Å²) >= 11 is 0. The first-order valence-electron chi connectivity index (χ1n) is 13.9. The van der Waals surface area contributed by atoms with Crippen LogP contribution in [0.15, 0.2) is 140 Å². The number of aromatic nitrogens is 4. The van der Waals surface area contributed by atoms with Crippen molar-refractivity contribution >= 4 is 0 Å². The van der Waals surface area contributed by atoms with Gasteiger partial charge in [0.2, 0.25) is 0 Å². The van der Waals surface area contributed by atoms with Gasteiger partial charge in [0, 0.05) is 48.5 Å². The summed E-state index contributed by atoms with van der Waals surface area (Å²) in [6.45, 7) is 0. The van der Waals surface area contributed by atoms with Crippen LogP contribution in [0.2, 0.25) is 0 Å². The Kier molecular flexibility index (Phi) is 5.42. The van der Waals surface area contributed by atoms with E-state index in [4.69, 9.17) is 0 Å². The number of hydrogen-bond acceptors (Lipinski definition) is 0. The molecule has 41 heavy (non-hydrogen) atoms. The van der Waals surface area contributed by atoms with Crippen molar-refractivity contribution in [2.45, 2.75) is 0 Å². The van der Waals surface area contributed by atoms with Crippen molar-refractivity contribution in [3.8, 4) is 11.4 Å². The van der Waals surface area contributed by atoms with Crippen LogP contribution in [0.3, 0.4) is 0 Å². The van der Waals surface area contributed by atoms with E-state index in [0.29, 0.717) is 0 Å². The van der Waals surface area contributed by atoms with Crippen molar-refractivity contribution in [1.82, 2.24) is 19.9 Å². The molecule has 0 atom stereocenters. The summed E-state index contributed by atoms with van der Waals surface area (Å²) in [6.07, 6.45) is 0. The van der Waals surface area contributed by atoms with Gasteiger partial charge in [-0.25, -0.2) is 0 Å². The van der Waals surface area contributed by atoms with Gasteiger partial charge in [0.25, 0.3) is 0 Å². The van der Waals surface area contributed by atoms with E-state index in [1.54, 1.807) is 0 Å². The van der Waals surface area contributed by atoms with E-state index < -0.39 is 0 Å². The molecular formula is C37H27N4+3. The first-order valence-corrected chi connectivity index (χ1v) is 13.9. The van der Waals surface area contributed by atoms with Crippen LogP contribution in [-0.2, 0) is 0 Å². The number of benzene rings is 3. The van der Waals surface area contributed by atoms with Crippen LogP contribution in [0.5, 0.6) is 0 Å². The minimum atomic E-state index is 1.04. The molecule has 1 aliphatic rings. The molecule has 0 aliphatic carbocycles. The number of hydrogen-bond donors (Lipinski definition) is 4. The lowest BCUT2D eigenvalue weighted by atomic mass is 9.92. The topological polar surface area (TPSA) is 63.2 Å². The second-order valence-corrected chi connectivity index (χ2v) is 10.4. The minimum Gasteiger partial charge on any atom is -0.340 e. The molecule has 0 fully saturated rings. The lowest BCUT2D eigenvalue weighted by Gasteiger charge is -2.11. The number of fused-ring (bicyclic) bond motifs is 9.